The van der Waals surface area contributed by atoms with Crippen LogP contribution in [-0.4, -0.2) is 31.0 Å². The van der Waals surface area contributed by atoms with E-state index in [9.17, 15) is 23.2 Å². The summed E-state index contributed by atoms with van der Waals surface area (Å²) < 4.78 is 34.4. The molecule has 0 saturated carbocycles. The molecule has 0 aliphatic carbocycles. The van der Waals surface area contributed by atoms with E-state index in [4.69, 9.17) is 4.74 Å². The molecule has 27 heavy (non-hydrogen) atoms. The van der Waals surface area contributed by atoms with Gasteiger partial charge in [-0.3, -0.25) is 20.4 Å². The highest BCUT2D eigenvalue weighted by Crippen LogP contribution is 2.21. The number of carbonyl (C=O) groups is 3. The molecule has 0 fully saturated rings. The highest BCUT2D eigenvalue weighted by atomic mass is 79.9. The van der Waals surface area contributed by atoms with Gasteiger partial charge in [-0.1, -0.05) is 28.1 Å². The topological polar surface area (TPSA) is 93.7 Å². The lowest BCUT2D eigenvalue weighted by Gasteiger charge is -2.11. The fourth-order valence-electron chi connectivity index (χ4n) is 1.88. The second-order valence-electron chi connectivity index (χ2n) is 4.96. The van der Waals surface area contributed by atoms with E-state index < -0.39 is 31.0 Å². The van der Waals surface area contributed by atoms with Gasteiger partial charge in [-0.2, -0.15) is 8.78 Å². The molecule has 142 valence electrons. The van der Waals surface area contributed by atoms with Crippen LogP contribution in [0.4, 0.5) is 8.78 Å². The molecule has 0 saturated heterocycles. The Morgan fingerprint density at radius 1 is 1.00 bits per heavy atom. The lowest BCUT2D eigenvalue weighted by atomic mass is 10.2. The van der Waals surface area contributed by atoms with Gasteiger partial charge in [-0.25, -0.2) is 4.79 Å². The minimum absolute atomic E-state index is 0.260. The SMILES string of the molecule is O=C(COC(=O)c1ccccc1OC(F)F)NNC(=O)c1ccc(Br)cc1. The van der Waals surface area contributed by atoms with Crippen molar-refractivity contribution in [2.75, 3.05) is 6.61 Å². The van der Waals surface area contributed by atoms with Crippen molar-refractivity contribution < 1.29 is 32.6 Å². The number of hydrazine groups is 1. The standard InChI is InChI=1S/C17H13BrF2N2O5/c18-11-7-5-10(6-8-11)15(24)22-21-14(23)9-26-16(25)12-3-1-2-4-13(12)27-17(19)20/h1-8,17H,9H2,(H,21,23)(H,22,24). The van der Waals surface area contributed by atoms with Crippen LogP contribution in [0.1, 0.15) is 20.7 Å². The number of benzene rings is 2. The van der Waals surface area contributed by atoms with Gasteiger partial charge in [0, 0.05) is 10.0 Å². The molecule has 0 atom stereocenters. The molecular weight excluding hydrogens is 430 g/mol. The number of halogens is 3. The maximum absolute atomic E-state index is 12.3. The number of ether oxygens (including phenoxy) is 2. The monoisotopic (exact) mass is 442 g/mol. The van der Waals surface area contributed by atoms with Crippen molar-refractivity contribution in [3.05, 3.63) is 64.1 Å². The van der Waals surface area contributed by atoms with E-state index in [0.29, 0.717) is 5.56 Å². The lowest BCUT2D eigenvalue weighted by molar-refractivity contribution is -0.125. The van der Waals surface area contributed by atoms with Gasteiger partial charge in [-0.15, -0.1) is 0 Å². The minimum Gasteiger partial charge on any atom is -0.452 e. The molecule has 0 aromatic heterocycles. The predicted octanol–water partition coefficient (Wildman–Crippen LogP) is 2.67. The number of amides is 2. The fraction of sp³-hybridized carbons (Fsp3) is 0.118. The predicted molar refractivity (Wildman–Crippen MR) is 93.1 cm³/mol. The largest absolute Gasteiger partial charge is 0.452 e. The van der Waals surface area contributed by atoms with E-state index in [2.05, 4.69) is 31.5 Å². The molecule has 2 rings (SSSR count). The molecule has 2 aromatic carbocycles. The third-order valence-corrected chi connectivity index (χ3v) is 3.61. The highest BCUT2D eigenvalue weighted by molar-refractivity contribution is 9.10. The highest BCUT2D eigenvalue weighted by Gasteiger charge is 2.18. The average Bonchev–Trinajstić information content (AvgIpc) is 2.64. The van der Waals surface area contributed by atoms with E-state index in [1.54, 1.807) is 12.1 Å². The minimum atomic E-state index is -3.11. The Labute approximate surface area is 160 Å². The summed E-state index contributed by atoms with van der Waals surface area (Å²) in [7, 11) is 0. The number of alkyl halides is 2. The normalized spacial score (nSPS) is 10.2. The number of nitrogens with one attached hydrogen (secondary N) is 2. The maximum Gasteiger partial charge on any atom is 0.387 e. The molecule has 0 bridgehead atoms. The molecule has 2 amide bonds. The van der Waals surface area contributed by atoms with Crippen molar-refractivity contribution in [1.29, 1.82) is 0 Å². The van der Waals surface area contributed by atoms with Gasteiger partial charge in [0.05, 0.1) is 0 Å². The summed E-state index contributed by atoms with van der Waals surface area (Å²) in [6.07, 6.45) is 0. The smallest absolute Gasteiger partial charge is 0.387 e. The molecule has 0 heterocycles. The average molecular weight is 443 g/mol. The molecule has 10 heteroatoms. The van der Waals surface area contributed by atoms with E-state index >= 15 is 0 Å². The molecule has 0 spiro atoms. The summed E-state index contributed by atoms with van der Waals surface area (Å²) in [6, 6.07) is 11.6. The fourth-order valence-corrected chi connectivity index (χ4v) is 2.14. The Morgan fingerprint density at radius 3 is 2.33 bits per heavy atom. The second-order valence-corrected chi connectivity index (χ2v) is 5.88. The first-order valence-corrected chi connectivity index (χ1v) is 8.22. The third kappa shape index (κ3) is 6.33. The zero-order chi connectivity index (χ0) is 19.8. The summed E-state index contributed by atoms with van der Waals surface area (Å²) in [5.74, 6) is -2.79. The van der Waals surface area contributed by atoms with Gasteiger partial charge in [-0.05, 0) is 36.4 Å². The van der Waals surface area contributed by atoms with Crippen molar-refractivity contribution >= 4 is 33.7 Å². The molecule has 2 N–H and O–H groups in total. The van der Waals surface area contributed by atoms with Crippen molar-refractivity contribution in [1.82, 2.24) is 10.9 Å². The van der Waals surface area contributed by atoms with Crippen LogP contribution < -0.4 is 15.6 Å². The number of para-hydroxylation sites is 1. The zero-order valence-corrected chi connectivity index (χ0v) is 15.2. The van der Waals surface area contributed by atoms with E-state index in [-0.39, 0.29) is 11.3 Å². The number of esters is 1. The van der Waals surface area contributed by atoms with Gasteiger partial charge in [0.2, 0.25) is 0 Å². The Hall–Kier alpha value is -3.01. The van der Waals surface area contributed by atoms with Gasteiger partial charge in [0.1, 0.15) is 11.3 Å². The second kappa shape index (κ2) is 9.62. The summed E-state index contributed by atoms with van der Waals surface area (Å²) in [5, 5.41) is 0. The molecular formula is C17H13BrF2N2O5. The maximum atomic E-state index is 12.3. The van der Waals surface area contributed by atoms with Crippen LogP contribution in [-0.2, 0) is 9.53 Å². The van der Waals surface area contributed by atoms with Crippen LogP contribution in [0.3, 0.4) is 0 Å². The lowest BCUT2D eigenvalue weighted by Crippen LogP contribution is -2.43. The van der Waals surface area contributed by atoms with Crippen molar-refractivity contribution in [2.45, 2.75) is 6.61 Å². The van der Waals surface area contributed by atoms with Crippen LogP contribution >= 0.6 is 15.9 Å². The third-order valence-electron chi connectivity index (χ3n) is 3.08. The van der Waals surface area contributed by atoms with Crippen LogP contribution in [0.25, 0.3) is 0 Å². The van der Waals surface area contributed by atoms with Gasteiger partial charge < -0.3 is 9.47 Å². The molecule has 0 radical (unpaired) electrons. The Morgan fingerprint density at radius 2 is 1.67 bits per heavy atom. The first-order chi connectivity index (χ1) is 12.9. The first-order valence-electron chi connectivity index (χ1n) is 7.42. The molecule has 0 aliphatic heterocycles. The van der Waals surface area contributed by atoms with Crippen molar-refractivity contribution in [3.8, 4) is 5.75 Å². The molecule has 0 unspecified atom stereocenters. The summed E-state index contributed by atoms with van der Waals surface area (Å²) in [4.78, 5) is 35.4. The number of carbonyl (C=O) groups excluding carboxylic acids is 3. The van der Waals surface area contributed by atoms with Crippen LogP contribution in [0.2, 0.25) is 0 Å². The first kappa shape index (κ1) is 20.3. The van der Waals surface area contributed by atoms with E-state index in [1.807, 2.05) is 0 Å². The Balaban J connectivity index is 1.84. The van der Waals surface area contributed by atoms with Crippen LogP contribution in [0.15, 0.2) is 53.0 Å². The van der Waals surface area contributed by atoms with Crippen LogP contribution in [0.5, 0.6) is 5.75 Å². The quantitative estimate of drug-likeness (QED) is 0.529. The van der Waals surface area contributed by atoms with Gasteiger partial charge in [0.25, 0.3) is 11.8 Å². The molecule has 0 aliphatic rings. The van der Waals surface area contributed by atoms with E-state index in [1.165, 1.54) is 36.4 Å². The summed E-state index contributed by atoms with van der Waals surface area (Å²) in [5.41, 5.74) is 4.26. The van der Waals surface area contributed by atoms with E-state index in [0.717, 1.165) is 4.47 Å². The molecule has 7 nitrogen and oxygen atoms in total. The van der Waals surface area contributed by atoms with Crippen LogP contribution in [0, 0.1) is 0 Å². The summed E-state index contributed by atoms with van der Waals surface area (Å²) >= 11 is 3.23. The number of rotatable bonds is 6. The Bertz CT molecular complexity index is 830. The van der Waals surface area contributed by atoms with Gasteiger partial charge in [0.15, 0.2) is 6.61 Å². The number of hydrogen-bond acceptors (Lipinski definition) is 5. The number of hydrogen-bond donors (Lipinski definition) is 2. The zero-order valence-electron chi connectivity index (χ0n) is 13.6. The summed E-state index contributed by atoms with van der Waals surface area (Å²) in [6.45, 7) is -3.85. The van der Waals surface area contributed by atoms with Crippen molar-refractivity contribution in [2.24, 2.45) is 0 Å². The molecule has 2 aromatic rings. The Kier molecular flexibility index (Phi) is 7.24. The van der Waals surface area contributed by atoms with Crippen molar-refractivity contribution in [3.63, 3.8) is 0 Å². The van der Waals surface area contributed by atoms with Gasteiger partial charge >= 0.3 is 12.6 Å².